The van der Waals surface area contributed by atoms with Crippen molar-refractivity contribution >= 4 is 12.3 Å². The van der Waals surface area contributed by atoms with Gasteiger partial charge in [0.15, 0.2) is 0 Å². The number of hydrogen-bond donors (Lipinski definition) is 1. The molecule has 1 aromatic carbocycles. The lowest BCUT2D eigenvalue weighted by molar-refractivity contribution is 0.105. The van der Waals surface area contributed by atoms with Crippen LogP contribution in [0.1, 0.15) is 5.56 Å². The summed E-state index contributed by atoms with van der Waals surface area (Å²) in [4.78, 5) is 13.1. The zero-order chi connectivity index (χ0) is 12.5. The molecule has 1 aromatic rings. The van der Waals surface area contributed by atoms with Crippen molar-refractivity contribution in [2.45, 2.75) is 6.61 Å². The molecule has 1 amide bonds. The minimum Gasteiger partial charge on any atom is -0.445 e. The van der Waals surface area contributed by atoms with E-state index in [0.29, 0.717) is 6.54 Å². The summed E-state index contributed by atoms with van der Waals surface area (Å²) in [5, 5.41) is 6.99. The predicted molar refractivity (Wildman–Crippen MR) is 67.2 cm³/mol. The molecule has 0 saturated carbocycles. The fraction of sp³-hybridized carbons (Fsp3) is 0.231. The number of hydrogen-bond acceptors (Lipinski definition) is 3. The third kappa shape index (κ3) is 4.51. The molecule has 0 aliphatic heterocycles. The number of amides is 1. The van der Waals surface area contributed by atoms with Gasteiger partial charge in [0, 0.05) is 12.8 Å². The molecule has 0 aromatic heterocycles. The lowest BCUT2D eigenvalue weighted by Crippen LogP contribution is -2.33. The quantitative estimate of drug-likeness (QED) is 0.605. The van der Waals surface area contributed by atoms with Gasteiger partial charge in [0.25, 0.3) is 0 Å². The van der Waals surface area contributed by atoms with Gasteiger partial charge in [0.05, 0.1) is 6.54 Å². The molecule has 1 rings (SSSR count). The summed E-state index contributed by atoms with van der Waals surface area (Å²) in [7, 11) is 0. The summed E-state index contributed by atoms with van der Waals surface area (Å²) in [6, 6.07) is 9.47. The smallest absolute Gasteiger partial charge is 0.410 e. The topological polar surface area (TPSA) is 53.4 Å². The maximum atomic E-state index is 11.6. The number of nitrogens with zero attached hydrogens (tertiary/aromatic N) is 1. The monoisotopic (exact) mass is 232 g/mol. The van der Waals surface area contributed by atoms with E-state index < -0.39 is 6.09 Å². The molecular formula is C13H16N2O2. The summed E-state index contributed by atoms with van der Waals surface area (Å²) in [6.45, 7) is 4.41. The fourth-order valence-corrected chi connectivity index (χ4v) is 1.30. The van der Waals surface area contributed by atoms with E-state index in [9.17, 15) is 4.79 Å². The predicted octanol–water partition coefficient (Wildman–Crippen LogP) is 2.46. The van der Waals surface area contributed by atoms with Crippen molar-refractivity contribution in [3.05, 3.63) is 48.6 Å². The first-order valence-electron chi connectivity index (χ1n) is 5.33. The van der Waals surface area contributed by atoms with Crippen LogP contribution < -0.4 is 0 Å². The van der Waals surface area contributed by atoms with Crippen molar-refractivity contribution in [3.63, 3.8) is 0 Å². The van der Waals surface area contributed by atoms with Crippen LogP contribution in [0.4, 0.5) is 4.79 Å². The van der Waals surface area contributed by atoms with Crippen molar-refractivity contribution in [2.24, 2.45) is 0 Å². The highest BCUT2D eigenvalue weighted by Crippen LogP contribution is 2.03. The Kier molecular flexibility index (Phi) is 5.51. The van der Waals surface area contributed by atoms with E-state index in [4.69, 9.17) is 10.1 Å². The zero-order valence-corrected chi connectivity index (χ0v) is 9.63. The highest BCUT2D eigenvalue weighted by molar-refractivity contribution is 5.72. The summed E-state index contributed by atoms with van der Waals surface area (Å²) in [6.07, 6.45) is 2.33. The lowest BCUT2D eigenvalue weighted by atomic mass is 10.2. The molecule has 17 heavy (non-hydrogen) atoms. The molecule has 0 aliphatic carbocycles. The Bertz CT molecular complexity index is 366. The van der Waals surface area contributed by atoms with Crippen LogP contribution in [0, 0.1) is 5.41 Å². The van der Waals surface area contributed by atoms with Gasteiger partial charge in [-0.15, -0.1) is 6.58 Å². The summed E-state index contributed by atoms with van der Waals surface area (Å²) in [5.74, 6) is 0. The Morgan fingerprint density at radius 1 is 1.35 bits per heavy atom. The molecule has 0 unspecified atom stereocenters. The van der Waals surface area contributed by atoms with E-state index in [-0.39, 0.29) is 13.2 Å². The van der Waals surface area contributed by atoms with Crippen molar-refractivity contribution < 1.29 is 9.53 Å². The highest BCUT2D eigenvalue weighted by atomic mass is 16.6. The first-order chi connectivity index (χ1) is 8.27. The number of carbonyl (C=O) groups excluding carboxylic acids is 1. The normalized spacial score (nSPS) is 9.41. The maximum Gasteiger partial charge on any atom is 0.410 e. The number of nitrogens with one attached hydrogen (secondary N) is 1. The molecule has 0 spiro atoms. The molecule has 4 heteroatoms. The molecule has 0 fully saturated rings. The van der Waals surface area contributed by atoms with E-state index in [1.165, 1.54) is 4.90 Å². The SMILES string of the molecule is C=CCN(CC=N)C(=O)OCc1ccccc1. The Morgan fingerprint density at radius 2 is 2.06 bits per heavy atom. The van der Waals surface area contributed by atoms with E-state index in [1.807, 2.05) is 30.3 Å². The van der Waals surface area contributed by atoms with Gasteiger partial charge in [-0.3, -0.25) is 4.90 Å². The van der Waals surface area contributed by atoms with E-state index in [2.05, 4.69) is 6.58 Å². The largest absolute Gasteiger partial charge is 0.445 e. The van der Waals surface area contributed by atoms with E-state index in [0.717, 1.165) is 11.8 Å². The second-order valence-corrected chi connectivity index (χ2v) is 3.44. The van der Waals surface area contributed by atoms with E-state index in [1.54, 1.807) is 6.08 Å². The van der Waals surface area contributed by atoms with Gasteiger partial charge in [-0.2, -0.15) is 0 Å². The third-order valence-electron chi connectivity index (χ3n) is 2.12. The van der Waals surface area contributed by atoms with Gasteiger partial charge in [0.2, 0.25) is 0 Å². The van der Waals surface area contributed by atoms with Gasteiger partial charge in [0.1, 0.15) is 6.61 Å². The van der Waals surface area contributed by atoms with Crippen molar-refractivity contribution in [1.29, 1.82) is 5.41 Å². The van der Waals surface area contributed by atoms with Crippen molar-refractivity contribution in [1.82, 2.24) is 4.90 Å². The second kappa shape index (κ2) is 7.22. The average Bonchev–Trinajstić information content (AvgIpc) is 2.37. The van der Waals surface area contributed by atoms with Gasteiger partial charge in [-0.1, -0.05) is 36.4 Å². The van der Waals surface area contributed by atoms with Crippen LogP contribution >= 0.6 is 0 Å². The third-order valence-corrected chi connectivity index (χ3v) is 2.12. The zero-order valence-electron chi connectivity index (χ0n) is 9.63. The number of benzene rings is 1. The lowest BCUT2D eigenvalue weighted by Gasteiger charge is -2.18. The fourth-order valence-electron chi connectivity index (χ4n) is 1.30. The molecule has 0 bridgehead atoms. The average molecular weight is 232 g/mol. The second-order valence-electron chi connectivity index (χ2n) is 3.44. The van der Waals surface area contributed by atoms with Crippen LogP contribution in [0.3, 0.4) is 0 Å². The molecule has 0 atom stereocenters. The minimum absolute atomic E-state index is 0.236. The van der Waals surface area contributed by atoms with Crippen LogP contribution in [0.5, 0.6) is 0 Å². The molecule has 0 radical (unpaired) electrons. The molecular weight excluding hydrogens is 216 g/mol. The number of ether oxygens (including phenoxy) is 1. The first-order valence-corrected chi connectivity index (χ1v) is 5.33. The van der Waals surface area contributed by atoms with Gasteiger partial charge in [-0.25, -0.2) is 4.79 Å². The van der Waals surface area contributed by atoms with Crippen LogP contribution in [-0.4, -0.2) is 30.3 Å². The summed E-state index contributed by atoms with van der Waals surface area (Å²) < 4.78 is 5.13. The molecule has 0 saturated heterocycles. The Hall–Kier alpha value is -2.10. The van der Waals surface area contributed by atoms with Crippen LogP contribution in [-0.2, 0) is 11.3 Å². The summed E-state index contributed by atoms with van der Waals surface area (Å²) >= 11 is 0. The Labute approximate surface area is 101 Å². The molecule has 1 N–H and O–H groups in total. The van der Waals surface area contributed by atoms with Crippen LogP contribution in [0.15, 0.2) is 43.0 Å². The summed E-state index contributed by atoms with van der Waals surface area (Å²) in [5.41, 5.74) is 0.939. The minimum atomic E-state index is -0.433. The first kappa shape index (κ1) is 13.0. The van der Waals surface area contributed by atoms with Crippen LogP contribution in [0.25, 0.3) is 0 Å². The number of rotatable bonds is 6. The van der Waals surface area contributed by atoms with Crippen molar-refractivity contribution in [2.75, 3.05) is 13.1 Å². The standard InChI is InChI=1S/C13H16N2O2/c1-2-9-15(10-8-14)13(16)17-11-12-6-4-3-5-7-12/h2-8,14H,1,9-11H2. The van der Waals surface area contributed by atoms with E-state index >= 15 is 0 Å². The van der Waals surface area contributed by atoms with Crippen molar-refractivity contribution in [3.8, 4) is 0 Å². The van der Waals surface area contributed by atoms with Gasteiger partial charge in [-0.05, 0) is 5.56 Å². The Balaban J connectivity index is 2.46. The molecule has 0 aliphatic rings. The number of carbonyl (C=O) groups is 1. The molecule has 90 valence electrons. The molecule has 0 heterocycles. The van der Waals surface area contributed by atoms with Gasteiger partial charge >= 0.3 is 6.09 Å². The highest BCUT2D eigenvalue weighted by Gasteiger charge is 2.11. The maximum absolute atomic E-state index is 11.6. The van der Waals surface area contributed by atoms with Gasteiger partial charge < -0.3 is 10.1 Å². The van der Waals surface area contributed by atoms with Crippen LogP contribution in [0.2, 0.25) is 0 Å². The molecule has 4 nitrogen and oxygen atoms in total. The Morgan fingerprint density at radius 3 is 2.65 bits per heavy atom.